The Morgan fingerprint density at radius 2 is 2.17 bits per heavy atom. The normalized spacial score (nSPS) is 13.5. The second-order valence-corrected chi connectivity index (χ2v) is 4.80. The fraction of sp³-hybridized carbons (Fsp3) is 0.462. The Hall–Kier alpha value is -1.91. The largest absolute Gasteiger partial charge is 0.504 e. The lowest BCUT2D eigenvalue weighted by Gasteiger charge is -2.20. The van der Waals surface area contributed by atoms with Gasteiger partial charge in [0.15, 0.2) is 11.5 Å². The van der Waals surface area contributed by atoms with E-state index in [1.165, 1.54) is 12.1 Å². The second kappa shape index (κ2) is 4.40. The fourth-order valence-corrected chi connectivity index (χ4v) is 1.42. The molecule has 0 aliphatic carbocycles. The molecule has 0 aromatic heterocycles. The van der Waals surface area contributed by atoms with E-state index in [9.17, 15) is 9.90 Å². The number of esters is 1. The van der Waals surface area contributed by atoms with Crippen LogP contribution in [-0.4, -0.2) is 17.9 Å². The zero-order valence-corrected chi connectivity index (χ0v) is 10.6. The summed E-state index contributed by atoms with van der Waals surface area (Å²) in [6.07, 6.45) is 0.669. The monoisotopic (exact) mass is 252 g/mol. The van der Waals surface area contributed by atoms with Crippen molar-refractivity contribution < 1.29 is 24.1 Å². The van der Waals surface area contributed by atoms with Crippen molar-refractivity contribution in [3.63, 3.8) is 0 Å². The van der Waals surface area contributed by atoms with Crippen molar-refractivity contribution >= 4 is 5.97 Å². The minimum Gasteiger partial charge on any atom is -0.504 e. The summed E-state index contributed by atoms with van der Waals surface area (Å²) in [7, 11) is 0. The molecule has 0 radical (unpaired) electrons. The van der Waals surface area contributed by atoms with Gasteiger partial charge >= 0.3 is 5.97 Å². The first-order valence-electron chi connectivity index (χ1n) is 5.79. The third-order valence-electron chi connectivity index (χ3n) is 3.07. The zero-order chi connectivity index (χ0) is 13.3. The molecule has 2 rings (SSSR count). The Morgan fingerprint density at radius 3 is 2.83 bits per heavy atom. The maximum atomic E-state index is 11.9. The second-order valence-electron chi connectivity index (χ2n) is 4.80. The molecule has 1 aliphatic rings. The molecule has 0 amide bonds. The third-order valence-corrected chi connectivity index (χ3v) is 3.07. The SMILES string of the molecule is CCC(C)(C)C(=O)Oc1cc(O)c2c(c1)OCO2. The average Bonchev–Trinajstić information content (AvgIpc) is 2.77. The summed E-state index contributed by atoms with van der Waals surface area (Å²) in [5.74, 6) is 0.477. The van der Waals surface area contributed by atoms with Crippen LogP contribution in [-0.2, 0) is 4.79 Å². The minimum atomic E-state index is -0.564. The molecule has 1 aromatic carbocycles. The Balaban J connectivity index is 2.21. The standard InChI is InChI=1S/C13H16O5/c1-4-13(2,3)12(15)18-8-5-9(14)11-10(6-8)16-7-17-11/h5-6,14H,4,7H2,1-3H3. The van der Waals surface area contributed by atoms with E-state index in [1.807, 2.05) is 20.8 Å². The molecule has 1 N–H and O–H groups in total. The van der Waals surface area contributed by atoms with Crippen LogP contribution in [0.4, 0.5) is 0 Å². The van der Waals surface area contributed by atoms with Crippen LogP contribution in [0.1, 0.15) is 27.2 Å². The molecule has 1 aliphatic heterocycles. The number of rotatable bonds is 3. The van der Waals surface area contributed by atoms with Crippen molar-refractivity contribution in [2.75, 3.05) is 6.79 Å². The minimum absolute atomic E-state index is 0.0563. The maximum Gasteiger partial charge on any atom is 0.316 e. The number of carbonyl (C=O) groups is 1. The highest BCUT2D eigenvalue weighted by atomic mass is 16.7. The maximum absolute atomic E-state index is 11.9. The Morgan fingerprint density at radius 1 is 1.44 bits per heavy atom. The first kappa shape index (κ1) is 12.5. The summed E-state index contributed by atoms with van der Waals surface area (Å²) in [5.41, 5.74) is -0.564. The molecule has 98 valence electrons. The van der Waals surface area contributed by atoms with Crippen LogP contribution in [0.25, 0.3) is 0 Å². The summed E-state index contributed by atoms with van der Waals surface area (Å²) >= 11 is 0. The van der Waals surface area contributed by atoms with Crippen LogP contribution in [0, 0.1) is 5.41 Å². The average molecular weight is 252 g/mol. The van der Waals surface area contributed by atoms with E-state index in [0.717, 1.165) is 0 Å². The molecule has 0 spiro atoms. The number of phenolic OH excluding ortho intramolecular Hbond substituents is 1. The van der Waals surface area contributed by atoms with Crippen molar-refractivity contribution in [2.45, 2.75) is 27.2 Å². The fourth-order valence-electron chi connectivity index (χ4n) is 1.42. The highest BCUT2D eigenvalue weighted by Crippen LogP contribution is 2.43. The van der Waals surface area contributed by atoms with Crippen molar-refractivity contribution in [3.8, 4) is 23.0 Å². The predicted molar refractivity (Wildman–Crippen MR) is 63.9 cm³/mol. The molecule has 0 bridgehead atoms. The van der Waals surface area contributed by atoms with Crippen LogP contribution in [0.2, 0.25) is 0 Å². The van der Waals surface area contributed by atoms with Gasteiger partial charge in [0.1, 0.15) is 5.75 Å². The predicted octanol–water partition coefficient (Wildman–Crippen LogP) is 2.46. The number of phenols is 1. The molecule has 5 heteroatoms. The number of fused-ring (bicyclic) bond motifs is 1. The van der Waals surface area contributed by atoms with Gasteiger partial charge in [-0.1, -0.05) is 6.92 Å². The first-order valence-corrected chi connectivity index (χ1v) is 5.79. The smallest absolute Gasteiger partial charge is 0.316 e. The van der Waals surface area contributed by atoms with Crippen molar-refractivity contribution in [1.82, 2.24) is 0 Å². The topological polar surface area (TPSA) is 65.0 Å². The lowest BCUT2D eigenvalue weighted by molar-refractivity contribution is -0.144. The molecule has 0 fully saturated rings. The van der Waals surface area contributed by atoms with Crippen LogP contribution in [0.5, 0.6) is 23.0 Å². The lowest BCUT2D eigenvalue weighted by Crippen LogP contribution is -2.28. The van der Waals surface area contributed by atoms with Gasteiger partial charge in [-0.25, -0.2) is 0 Å². The number of benzene rings is 1. The number of aromatic hydroxyl groups is 1. The highest BCUT2D eigenvalue weighted by Gasteiger charge is 2.29. The van der Waals surface area contributed by atoms with Gasteiger partial charge in [0.05, 0.1) is 5.41 Å². The van der Waals surface area contributed by atoms with Gasteiger partial charge in [-0.15, -0.1) is 0 Å². The van der Waals surface area contributed by atoms with E-state index in [4.69, 9.17) is 14.2 Å². The molecule has 0 atom stereocenters. The molecule has 0 saturated heterocycles. The van der Waals surface area contributed by atoms with Crippen LogP contribution >= 0.6 is 0 Å². The Kier molecular flexibility index (Phi) is 3.07. The van der Waals surface area contributed by atoms with E-state index in [2.05, 4.69) is 0 Å². The molecule has 1 heterocycles. The summed E-state index contributed by atoms with van der Waals surface area (Å²) < 4.78 is 15.4. The van der Waals surface area contributed by atoms with Crippen molar-refractivity contribution in [2.24, 2.45) is 5.41 Å². The van der Waals surface area contributed by atoms with Gasteiger partial charge in [-0.2, -0.15) is 0 Å². The van der Waals surface area contributed by atoms with Crippen LogP contribution < -0.4 is 14.2 Å². The van der Waals surface area contributed by atoms with Gasteiger partial charge in [0.2, 0.25) is 12.5 Å². The number of hydrogen-bond donors (Lipinski definition) is 1. The summed E-state index contributed by atoms with van der Waals surface area (Å²) in [5, 5.41) is 9.69. The van der Waals surface area contributed by atoms with Crippen molar-refractivity contribution in [3.05, 3.63) is 12.1 Å². The molecular weight excluding hydrogens is 236 g/mol. The quantitative estimate of drug-likeness (QED) is 0.661. The molecule has 1 aromatic rings. The van der Waals surface area contributed by atoms with E-state index in [1.54, 1.807) is 0 Å². The lowest BCUT2D eigenvalue weighted by atomic mass is 9.91. The summed E-state index contributed by atoms with van der Waals surface area (Å²) in [6, 6.07) is 2.88. The third kappa shape index (κ3) is 2.20. The van der Waals surface area contributed by atoms with E-state index < -0.39 is 5.41 Å². The van der Waals surface area contributed by atoms with Gasteiger partial charge in [0.25, 0.3) is 0 Å². The van der Waals surface area contributed by atoms with E-state index >= 15 is 0 Å². The Labute approximate surface area is 105 Å². The van der Waals surface area contributed by atoms with Crippen LogP contribution in [0.15, 0.2) is 12.1 Å². The highest BCUT2D eigenvalue weighted by molar-refractivity contribution is 5.78. The molecular formula is C13H16O5. The van der Waals surface area contributed by atoms with E-state index in [0.29, 0.717) is 12.2 Å². The molecule has 18 heavy (non-hydrogen) atoms. The van der Waals surface area contributed by atoms with Gasteiger partial charge in [0, 0.05) is 12.1 Å². The zero-order valence-electron chi connectivity index (χ0n) is 10.6. The van der Waals surface area contributed by atoms with Gasteiger partial charge < -0.3 is 19.3 Å². The van der Waals surface area contributed by atoms with Crippen molar-refractivity contribution in [1.29, 1.82) is 0 Å². The van der Waals surface area contributed by atoms with Gasteiger partial charge in [-0.05, 0) is 20.3 Å². The number of ether oxygens (including phenoxy) is 3. The number of hydrogen-bond acceptors (Lipinski definition) is 5. The van der Waals surface area contributed by atoms with E-state index in [-0.39, 0.29) is 30.0 Å². The number of carbonyl (C=O) groups excluding carboxylic acids is 1. The molecule has 5 nitrogen and oxygen atoms in total. The molecule has 0 saturated carbocycles. The van der Waals surface area contributed by atoms with Gasteiger partial charge in [-0.3, -0.25) is 4.79 Å². The summed E-state index contributed by atoms with van der Waals surface area (Å²) in [4.78, 5) is 11.9. The first-order chi connectivity index (χ1) is 8.44. The van der Waals surface area contributed by atoms with Crippen LogP contribution in [0.3, 0.4) is 0 Å². The Bertz CT molecular complexity index is 479. The summed E-state index contributed by atoms with van der Waals surface area (Å²) in [6.45, 7) is 5.59. The molecule has 0 unspecified atom stereocenters.